The topological polar surface area (TPSA) is 16.1 Å². The molecule has 0 aliphatic heterocycles. The second-order valence-corrected chi connectivity index (χ2v) is 4.81. The monoisotopic (exact) mass is 278 g/mol. The van der Waals surface area contributed by atoms with Crippen molar-refractivity contribution in [3.05, 3.63) is 59.2 Å². The lowest BCUT2D eigenvalue weighted by atomic mass is 10.2. The summed E-state index contributed by atoms with van der Waals surface area (Å²) in [6.45, 7) is 2.51. The fourth-order valence-electron chi connectivity index (χ4n) is 1.96. The predicted octanol–water partition coefficient (Wildman–Crippen LogP) is 3.90. The molecule has 0 aliphatic carbocycles. The van der Waals surface area contributed by atoms with E-state index < -0.39 is 0 Å². The molecule has 1 aromatic carbocycles. The number of alkyl halides is 1. The molecule has 1 heterocycles. The maximum Gasteiger partial charge on any atom is 0.146 e. The molecular formula is C15H16ClFN2. The Morgan fingerprint density at radius 2 is 2.05 bits per heavy atom. The summed E-state index contributed by atoms with van der Waals surface area (Å²) < 4.78 is 13.9. The Kier molecular flexibility index (Phi) is 4.38. The highest BCUT2D eigenvalue weighted by Crippen LogP contribution is 2.21. The minimum atomic E-state index is -0.256. The van der Waals surface area contributed by atoms with Gasteiger partial charge in [0.25, 0.3) is 0 Å². The molecule has 0 bridgehead atoms. The Morgan fingerprint density at radius 3 is 2.68 bits per heavy atom. The molecule has 2 nitrogen and oxygen atoms in total. The Balaban J connectivity index is 2.18. The zero-order chi connectivity index (χ0) is 13.8. The van der Waals surface area contributed by atoms with Gasteiger partial charge in [-0.05, 0) is 36.8 Å². The van der Waals surface area contributed by atoms with Crippen molar-refractivity contribution in [2.24, 2.45) is 0 Å². The van der Waals surface area contributed by atoms with E-state index in [2.05, 4.69) is 4.98 Å². The number of nitrogens with zero attached hydrogens (tertiary/aromatic N) is 2. The highest BCUT2D eigenvalue weighted by atomic mass is 35.5. The van der Waals surface area contributed by atoms with Crippen LogP contribution in [0.3, 0.4) is 0 Å². The first-order chi connectivity index (χ1) is 9.10. The summed E-state index contributed by atoms with van der Waals surface area (Å²) in [7, 11) is 1.85. The molecule has 0 saturated heterocycles. The van der Waals surface area contributed by atoms with Crippen molar-refractivity contribution in [3.63, 3.8) is 0 Å². The van der Waals surface area contributed by atoms with E-state index in [-0.39, 0.29) is 5.82 Å². The Morgan fingerprint density at radius 1 is 1.26 bits per heavy atom. The average molecular weight is 279 g/mol. The number of hydrogen-bond donors (Lipinski definition) is 0. The summed E-state index contributed by atoms with van der Waals surface area (Å²) >= 11 is 5.69. The van der Waals surface area contributed by atoms with Crippen LogP contribution in [0.4, 0.5) is 10.1 Å². The van der Waals surface area contributed by atoms with E-state index in [1.54, 1.807) is 6.07 Å². The molecule has 2 rings (SSSR count). The molecule has 4 heteroatoms. The zero-order valence-electron chi connectivity index (χ0n) is 11.0. The van der Waals surface area contributed by atoms with Gasteiger partial charge in [0.15, 0.2) is 0 Å². The van der Waals surface area contributed by atoms with E-state index in [1.165, 1.54) is 6.07 Å². The largest absolute Gasteiger partial charge is 0.366 e. The van der Waals surface area contributed by atoms with Crippen LogP contribution in [0.5, 0.6) is 0 Å². The summed E-state index contributed by atoms with van der Waals surface area (Å²) in [5.41, 5.74) is 3.22. The number of pyridine rings is 1. The molecule has 2 aromatic rings. The molecule has 0 spiro atoms. The van der Waals surface area contributed by atoms with Gasteiger partial charge in [0, 0.05) is 18.6 Å². The van der Waals surface area contributed by atoms with Crippen molar-refractivity contribution in [1.29, 1.82) is 0 Å². The van der Waals surface area contributed by atoms with Crippen LogP contribution in [-0.4, -0.2) is 12.0 Å². The van der Waals surface area contributed by atoms with Gasteiger partial charge in [-0.1, -0.05) is 12.1 Å². The van der Waals surface area contributed by atoms with Crippen molar-refractivity contribution in [2.75, 3.05) is 11.9 Å². The average Bonchev–Trinajstić information content (AvgIpc) is 2.38. The van der Waals surface area contributed by atoms with Gasteiger partial charge in [0.1, 0.15) is 5.82 Å². The molecule has 0 fully saturated rings. The summed E-state index contributed by atoms with van der Waals surface area (Å²) in [6.07, 6.45) is 0. The molecule has 100 valence electrons. The van der Waals surface area contributed by atoms with Gasteiger partial charge in [0.2, 0.25) is 0 Å². The number of anilines is 1. The van der Waals surface area contributed by atoms with Gasteiger partial charge >= 0.3 is 0 Å². The van der Waals surface area contributed by atoms with Crippen molar-refractivity contribution < 1.29 is 4.39 Å². The Labute approximate surface area is 117 Å². The van der Waals surface area contributed by atoms with Gasteiger partial charge in [0.05, 0.1) is 17.9 Å². The highest BCUT2D eigenvalue weighted by molar-refractivity contribution is 6.17. The second kappa shape index (κ2) is 6.02. The summed E-state index contributed by atoms with van der Waals surface area (Å²) in [5, 5.41) is 0. The number of aryl methyl sites for hydroxylation is 1. The number of halogens is 2. The molecule has 0 amide bonds. The molecule has 0 atom stereocenters. The molecule has 0 N–H and O–H groups in total. The fraction of sp³-hybridized carbons (Fsp3) is 0.267. The zero-order valence-corrected chi connectivity index (χ0v) is 11.8. The summed E-state index contributed by atoms with van der Waals surface area (Å²) in [5.74, 6) is 0.0636. The minimum Gasteiger partial charge on any atom is -0.366 e. The predicted molar refractivity (Wildman–Crippen MR) is 77.0 cm³/mol. The second-order valence-electron chi connectivity index (χ2n) is 4.55. The molecule has 19 heavy (non-hydrogen) atoms. The van der Waals surface area contributed by atoms with Crippen molar-refractivity contribution in [1.82, 2.24) is 4.98 Å². The van der Waals surface area contributed by atoms with Crippen molar-refractivity contribution in [2.45, 2.75) is 19.3 Å². The van der Waals surface area contributed by atoms with Gasteiger partial charge in [-0.2, -0.15) is 0 Å². The van der Waals surface area contributed by atoms with Crippen LogP contribution in [0.1, 0.15) is 17.0 Å². The van der Waals surface area contributed by atoms with E-state index in [9.17, 15) is 4.39 Å². The maximum atomic E-state index is 13.9. The van der Waals surface area contributed by atoms with Crippen LogP contribution in [-0.2, 0) is 12.4 Å². The lowest BCUT2D eigenvalue weighted by molar-refractivity contribution is 0.620. The Bertz CT molecular complexity index is 572. The van der Waals surface area contributed by atoms with Crippen LogP contribution in [0, 0.1) is 12.7 Å². The first-order valence-corrected chi connectivity index (χ1v) is 6.61. The summed E-state index contributed by atoms with van der Waals surface area (Å²) in [6, 6.07) is 10.9. The third kappa shape index (κ3) is 3.44. The van der Waals surface area contributed by atoms with Gasteiger partial charge in [-0.25, -0.2) is 4.39 Å². The SMILES string of the molecule is Cc1cccc(CN(C)c2ccc(CCl)cc2F)n1. The van der Waals surface area contributed by atoms with E-state index in [4.69, 9.17) is 11.6 Å². The lowest BCUT2D eigenvalue weighted by Gasteiger charge is -2.20. The van der Waals surface area contributed by atoms with Crippen LogP contribution in [0.15, 0.2) is 36.4 Å². The van der Waals surface area contributed by atoms with Gasteiger partial charge < -0.3 is 4.90 Å². The van der Waals surface area contributed by atoms with E-state index in [1.807, 2.05) is 43.1 Å². The summed E-state index contributed by atoms with van der Waals surface area (Å²) in [4.78, 5) is 6.26. The van der Waals surface area contributed by atoms with E-state index in [0.29, 0.717) is 18.1 Å². The third-order valence-electron chi connectivity index (χ3n) is 2.92. The van der Waals surface area contributed by atoms with Crippen LogP contribution < -0.4 is 4.90 Å². The number of aromatic nitrogens is 1. The van der Waals surface area contributed by atoms with Crippen LogP contribution in [0.2, 0.25) is 0 Å². The Hall–Kier alpha value is -1.61. The van der Waals surface area contributed by atoms with Crippen molar-refractivity contribution in [3.8, 4) is 0 Å². The normalized spacial score (nSPS) is 10.5. The lowest BCUT2D eigenvalue weighted by Crippen LogP contribution is -2.18. The number of rotatable bonds is 4. The standard InChI is InChI=1S/C15H16ClFN2/c1-11-4-3-5-13(18-11)10-19(2)15-7-6-12(9-16)8-14(15)17/h3-8H,9-10H2,1-2H3. The smallest absolute Gasteiger partial charge is 0.146 e. The highest BCUT2D eigenvalue weighted by Gasteiger charge is 2.09. The molecule has 0 saturated carbocycles. The van der Waals surface area contributed by atoms with Gasteiger partial charge in [-0.15, -0.1) is 11.6 Å². The number of hydrogen-bond acceptors (Lipinski definition) is 2. The maximum absolute atomic E-state index is 13.9. The molecule has 0 aliphatic rings. The first kappa shape index (κ1) is 13.8. The van der Waals surface area contributed by atoms with E-state index in [0.717, 1.165) is 17.0 Å². The molecular weight excluding hydrogens is 263 g/mol. The first-order valence-electron chi connectivity index (χ1n) is 6.08. The quantitative estimate of drug-likeness (QED) is 0.789. The molecule has 0 radical (unpaired) electrons. The minimum absolute atomic E-state index is 0.256. The molecule has 0 unspecified atom stereocenters. The van der Waals surface area contributed by atoms with E-state index >= 15 is 0 Å². The van der Waals surface area contributed by atoms with Crippen molar-refractivity contribution >= 4 is 17.3 Å². The van der Waals surface area contributed by atoms with Crippen LogP contribution in [0.25, 0.3) is 0 Å². The van der Waals surface area contributed by atoms with Crippen LogP contribution >= 0.6 is 11.6 Å². The molecule has 1 aromatic heterocycles. The van der Waals surface area contributed by atoms with Gasteiger partial charge in [-0.3, -0.25) is 4.98 Å². The fourth-order valence-corrected chi connectivity index (χ4v) is 2.13. The third-order valence-corrected chi connectivity index (χ3v) is 3.23. The number of benzene rings is 1.